The number of alkyl halides is 3. The van der Waals surface area contributed by atoms with E-state index < -0.39 is 17.6 Å². The number of amides is 1. The Balaban J connectivity index is 1.88. The van der Waals surface area contributed by atoms with Crippen molar-refractivity contribution in [2.24, 2.45) is 11.7 Å². The molecule has 3 N–H and O–H groups in total. The fourth-order valence-corrected chi connectivity index (χ4v) is 3.29. The summed E-state index contributed by atoms with van der Waals surface area (Å²) in [4.78, 5) is 11.8. The van der Waals surface area contributed by atoms with Gasteiger partial charge in [0.15, 0.2) is 5.82 Å². The molecular formula is C18H18F3N5O. The zero-order valence-electron chi connectivity index (χ0n) is 14.3. The van der Waals surface area contributed by atoms with Crippen LogP contribution < -0.4 is 11.1 Å². The summed E-state index contributed by atoms with van der Waals surface area (Å²) in [5.41, 5.74) is 5.11. The van der Waals surface area contributed by atoms with E-state index in [0.29, 0.717) is 5.69 Å². The molecule has 9 heteroatoms. The van der Waals surface area contributed by atoms with Crippen LogP contribution >= 0.6 is 0 Å². The highest BCUT2D eigenvalue weighted by atomic mass is 19.4. The zero-order chi connectivity index (χ0) is 19.6. The highest BCUT2D eigenvalue weighted by molar-refractivity contribution is 5.98. The number of halogens is 3. The third-order valence-electron chi connectivity index (χ3n) is 4.71. The van der Waals surface area contributed by atoms with Crippen LogP contribution in [0.2, 0.25) is 0 Å². The summed E-state index contributed by atoms with van der Waals surface area (Å²) >= 11 is 0. The van der Waals surface area contributed by atoms with Crippen molar-refractivity contribution in [3.63, 3.8) is 0 Å². The van der Waals surface area contributed by atoms with Crippen molar-refractivity contribution in [2.45, 2.75) is 37.9 Å². The van der Waals surface area contributed by atoms with Crippen molar-refractivity contribution in [3.05, 3.63) is 41.6 Å². The monoisotopic (exact) mass is 377 g/mol. The molecule has 2 atom stereocenters. The summed E-state index contributed by atoms with van der Waals surface area (Å²) in [6.07, 6.45) is 0.513. The second kappa shape index (κ2) is 7.31. The normalized spacial score (nSPS) is 20.1. The predicted octanol–water partition coefficient (Wildman–Crippen LogP) is 4.00. The van der Waals surface area contributed by atoms with Gasteiger partial charge in [0.1, 0.15) is 5.56 Å². The number of carbonyl (C=O) groups excluding carboxylic acids is 1. The van der Waals surface area contributed by atoms with E-state index in [4.69, 9.17) is 5.73 Å². The van der Waals surface area contributed by atoms with Crippen LogP contribution in [0.25, 0.3) is 0 Å². The number of nitriles is 1. The molecule has 1 saturated carbocycles. The van der Waals surface area contributed by atoms with Gasteiger partial charge in [-0.1, -0.05) is 12.8 Å². The highest BCUT2D eigenvalue weighted by Crippen LogP contribution is 2.35. The van der Waals surface area contributed by atoms with Crippen LogP contribution in [0.5, 0.6) is 0 Å². The third-order valence-corrected chi connectivity index (χ3v) is 4.71. The Morgan fingerprint density at radius 2 is 1.93 bits per heavy atom. The average Bonchev–Trinajstić information content (AvgIpc) is 3.05. The summed E-state index contributed by atoms with van der Waals surface area (Å²) in [6.45, 7) is 0. The number of benzene rings is 1. The topological polar surface area (TPSA) is 96.7 Å². The van der Waals surface area contributed by atoms with Gasteiger partial charge in [-0.2, -0.15) is 23.5 Å². The van der Waals surface area contributed by atoms with Crippen molar-refractivity contribution < 1.29 is 18.0 Å². The van der Waals surface area contributed by atoms with E-state index in [0.717, 1.165) is 37.8 Å². The Labute approximate surface area is 153 Å². The molecular weight excluding hydrogens is 359 g/mol. The molecule has 142 valence electrons. The van der Waals surface area contributed by atoms with Crippen LogP contribution in [-0.2, 0) is 6.18 Å². The number of nitrogens with two attached hydrogens (primary N) is 1. The molecule has 0 bridgehead atoms. The minimum atomic E-state index is -4.42. The first-order chi connectivity index (χ1) is 12.8. The summed E-state index contributed by atoms with van der Waals surface area (Å²) in [5.74, 6) is -0.761. The first kappa shape index (κ1) is 18.8. The molecule has 0 saturated heterocycles. The van der Waals surface area contributed by atoms with Crippen molar-refractivity contribution >= 4 is 17.4 Å². The first-order valence-electron chi connectivity index (χ1n) is 8.52. The lowest BCUT2D eigenvalue weighted by atomic mass is 9.85. The maximum absolute atomic E-state index is 12.7. The quantitative estimate of drug-likeness (QED) is 0.842. The predicted molar refractivity (Wildman–Crippen MR) is 92.1 cm³/mol. The molecule has 1 aromatic heterocycles. The van der Waals surface area contributed by atoms with E-state index in [1.165, 1.54) is 18.3 Å². The van der Waals surface area contributed by atoms with Gasteiger partial charge in [-0.25, -0.2) is 0 Å². The van der Waals surface area contributed by atoms with E-state index in [1.54, 1.807) is 4.68 Å². The second-order valence-corrected chi connectivity index (χ2v) is 6.52. The molecule has 1 amide bonds. The number of nitrogens with zero attached hydrogens (tertiary/aromatic N) is 3. The number of rotatable bonds is 4. The van der Waals surface area contributed by atoms with Gasteiger partial charge < -0.3 is 11.1 Å². The van der Waals surface area contributed by atoms with E-state index >= 15 is 0 Å². The van der Waals surface area contributed by atoms with Gasteiger partial charge in [-0.05, 0) is 37.1 Å². The Morgan fingerprint density at radius 3 is 2.52 bits per heavy atom. The molecule has 27 heavy (non-hydrogen) atoms. The molecule has 6 nitrogen and oxygen atoms in total. The van der Waals surface area contributed by atoms with Crippen LogP contribution in [0.15, 0.2) is 30.5 Å². The smallest absolute Gasteiger partial charge is 0.365 e. The summed E-state index contributed by atoms with van der Waals surface area (Å²) in [5, 5.41) is 16.5. The maximum atomic E-state index is 12.7. The number of anilines is 2. The van der Waals surface area contributed by atoms with Gasteiger partial charge in [0.2, 0.25) is 0 Å². The number of hydrogen-bond acceptors (Lipinski definition) is 4. The fourth-order valence-electron chi connectivity index (χ4n) is 3.29. The number of carbonyl (C=O) groups is 1. The minimum absolute atomic E-state index is 0.122. The Bertz CT molecular complexity index is 867. The number of nitrogens with one attached hydrogen (secondary N) is 1. The van der Waals surface area contributed by atoms with Crippen molar-refractivity contribution in [1.29, 1.82) is 5.26 Å². The number of primary amides is 1. The van der Waals surface area contributed by atoms with Crippen molar-refractivity contribution in [3.8, 4) is 6.07 Å². The lowest BCUT2D eigenvalue weighted by Gasteiger charge is -2.26. The lowest BCUT2D eigenvalue weighted by molar-refractivity contribution is -0.137. The standard InChI is InChI=1S/C18H18F3N5O/c19-18(20,21)12-5-7-13(8-6-12)24-17-14(16(23)27)10-26(25-17)15-4-2-1-3-11(15)9-22/h5-8,10-11,15H,1-4H2,(H2,23,27)(H,24,25). The fraction of sp³-hybridized carbons (Fsp3) is 0.389. The summed E-state index contributed by atoms with van der Waals surface area (Å²) in [6, 6.07) is 6.51. The van der Waals surface area contributed by atoms with E-state index in [-0.39, 0.29) is 23.3 Å². The van der Waals surface area contributed by atoms with Gasteiger partial charge >= 0.3 is 6.18 Å². The van der Waals surface area contributed by atoms with Crippen LogP contribution in [0.3, 0.4) is 0 Å². The maximum Gasteiger partial charge on any atom is 0.416 e. The van der Waals surface area contributed by atoms with E-state index in [9.17, 15) is 23.2 Å². The molecule has 0 spiro atoms. The molecule has 0 aliphatic heterocycles. The lowest BCUT2D eigenvalue weighted by Crippen LogP contribution is -2.22. The van der Waals surface area contributed by atoms with E-state index in [2.05, 4.69) is 16.5 Å². The van der Waals surface area contributed by atoms with Crippen LogP contribution in [0, 0.1) is 17.2 Å². The molecule has 2 aromatic rings. The molecule has 1 aromatic carbocycles. The summed E-state index contributed by atoms with van der Waals surface area (Å²) in [7, 11) is 0. The van der Waals surface area contributed by atoms with Crippen molar-refractivity contribution in [1.82, 2.24) is 9.78 Å². The van der Waals surface area contributed by atoms with Crippen molar-refractivity contribution in [2.75, 3.05) is 5.32 Å². The molecule has 1 aliphatic carbocycles. The van der Waals surface area contributed by atoms with Gasteiger partial charge in [0.25, 0.3) is 5.91 Å². The van der Waals surface area contributed by atoms with E-state index in [1.807, 2.05) is 0 Å². The molecule has 0 radical (unpaired) electrons. The summed E-state index contributed by atoms with van der Waals surface area (Å²) < 4.78 is 39.6. The zero-order valence-corrected chi connectivity index (χ0v) is 14.3. The number of hydrogen-bond donors (Lipinski definition) is 2. The first-order valence-corrected chi connectivity index (χ1v) is 8.52. The van der Waals surface area contributed by atoms with Gasteiger partial charge in [0, 0.05) is 11.9 Å². The molecule has 1 aliphatic rings. The SMILES string of the molecule is N#CC1CCCCC1n1cc(C(N)=O)c(Nc2ccc(C(F)(F)F)cc2)n1. The van der Waals surface area contributed by atoms with Gasteiger partial charge in [-0.3, -0.25) is 9.48 Å². The molecule has 1 heterocycles. The van der Waals surface area contributed by atoms with Crippen LogP contribution in [0.1, 0.15) is 47.6 Å². The van der Waals surface area contributed by atoms with Gasteiger partial charge in [-0.15, -0.1) is 0 Å². The Morgan fingerprint density at radius 1 is 1.26 bits per heavy atom. The van der Waals surface area contributed by atoms with Gasteiger partial charge in [0.05, 0.1) is 23.6 Å². The Hall–Kier alpha value is -3.02. The third kappa shape index (κ3) is 4.05. The second-order valence-electron chi connectivity index (χ2n) is 6.52. The minimum Gasteiger partial charge on any atom is -0.365 e. The Kier molecular flexibility index (Phi) is 5.08. The number of aromatic nitrogens is 2. The largest absolute Gasteiger partial charge is 0.416 e. The average molecular weight is 377 g/mol. The van der Waals surface area contributed by atoms with Crippen LogP contribution in [-0.4, -0.2) is 15.7 Å². The molecule has 2 unspecified atom stereocenters. The molecule has 1 fully saturated rings. The highest BCUT2D eigenvalue weighted by Gasteiger charge is 2.31. The van der Waals surface area contributed by atoms with Crippen LogP contribution in [0.4, 0.5) is 24.7 Å². The molecule has 3 rings (SSSR count).